The molecule has 3 atom stereocenters. The van der Waals surface area contributed by atoms with Gasteiger partial charge in [-0.2, -0.15) is 0 Å². The van der Waals surface area contributed by atoms with Crippen LogP contribution in [-0.4, -0.2) is 85.1 Å². The van der Waals surface area contributed by atoms with Crippen molar-refractivity contribution in [3.63, 3.8) is 0 Å². The monoisotopic (exact) mass is 342 g/mol. The maximum atomic E-state index is 12.5. The Hall–Kier alpha value is -0.690. The molecule has 0 spiro atoms. The van der Waals surface area contributed by atoms with Crippen molar-refractivity contribution in [2.24, 2.45) is 5.41 Å². The molecule has 2 fully saturated rings. The predicted molar refractivity (Wildman–Crippen MR) is 92.9 cm³/mol. The minimum absolute atomic E-state index is 0.0593. The smallest absolute Gasteiger partial charge is 0.251 e. The van der Waals surface area contributed by atoms with Gasteiger partial charge in [-0.1, -0.05) is 20.8 Å². The van der Waals surface area contributed by atoms with Crippen LogP contribution in [0.2, 0.25) is 0 Å². The highest BCUT2D eigenvalue weighted by Crippen LogP contribution is 2.20. The average Bonchev–Trinajstić information content (AvgIpc) is 3.05. The van der Waals surface area contributed by atoms with Crippen molar-refractivity contribution in [1.82, 2.24) is 9.80 Å². The topological polar surface area (TPSA) is 62.2 Å². The fourth-order valence-electron chi connectivity index (χ4n) is 3.03. The fraction of sp³-hybridized carbons (Fsp3) is 0.944. The lowest BCUT2D eigenvalue weighted by Crippen LogP contribution is -2.53. The summed E-state index contributed by atoms with van der Waals surface area (Å²) in [7, 11) is 0. The van der Waals surface area contributed by atoms with Gasteiger partial charge < -0.3 is 19.5 Å². The van der Waals surface area contributed by atoms with Crippen molar-refractivity contribution in [1.29, 1.82) is 0 Å². The molecule has 140 valence electrons. The summed E-state index contributed by atoms with van der Waals surface area (Å²) in [5, 5.41) is 10.2. The molecule has 0 aromatic carbocycles. The summed E-state index contributed by atoms with van der Waals surface area (Å²) >= 11 is 0. The van der Waals surface area contributed by atoms with Crippen LogP contribution in [0, 0.1) is 5.41 Å². The highest BCUT2D eigenvalue weighted by Gasteiger charge is 2.29. The van der Waals surface area contributed by atoms with Gasteiger partial charge in [0.1, 0.15) is 6.10 Å². The van der Waals surface area contributed by atoms with Crippen LogP contribution in [0.1, 0.15) is 40.5 Å². The molecule has 2 aliphatic heterocycles. The van der Waals surface area contributed by atoms with E-state index in [0.29, 0.717) is 26.2 Å². The number of β-amino-alcohol motifs (C(OH)–C–C–N with tert-alkyl or cyclic N) is 1. The minimum Gasteiger partial charge on any atom is -0.391 e. The molecule has 0 bridgehead atoms. The van der Waals surface area contributed by atoms with Gasteiger partial charge in [-0.25, -0.2) is 0 Å². The van der Waals surface area contributed by atoms with Crippen molar-refractivity contribution in [2.75, 3.05) is 45.9 Å². The van der Waals surface area contributed by atoms with Crippen LogP contribution in [0.15, 0.2) is 0 Å². The Balaban J connectivity index is 1.69. The van der Waals surface area contributed by atoms with Crippen LogP contribution in [0.3, 0.4) is 0 Å². The second-order valence-electron chi connectivity index (χ2n) is 8.12. The first-order valence-corrected chi connectivity index (χ1v) is 9.20. The van der Waals surface area contributed by atoms with Crippen LogP contribution >= 0.6 is 0 Å². The number of amides is 1. The zero-order chi connectivity index (χ0) is 17.7. The Labute approximate surface area is 146 Å². The number of rotatable bonds is 6. The molecule has 1 N–H and O–H groups in total. The summed E-state index contributed by atoms with van der Waals surface area (Å²) in [4.78, 5) is 16.6. The second kappa shape index (κ2) is 8.61. The molecule has 0 saturated carbocycles. The fourth-order valence-corrected chi connectivity index (χ4v) is 3.03. The molecule has 0 radical (unpaired) electrons. The Morgan fingerprint density at radius 1 is 1.29 bits per heavy atom. The molecule has 6 nitrogen and oxygen atoms in total. The van der Waals surface area contributed by atoms with Crippen LogP contribution in [0.25, 0.3) is 0 Å². The third kappa shape index (κ3) is 5.69. The third-order valence-electron chi connectivity index (χ3n) is 5.02. The lowest BCUT2D eigenvalue weighted by Gasteiger charge is -2.38. The lowest BCUT2D eigenvalue weighted by atomic mass is 9.89. The molecule has 2 rings (SSSR count). The second-order valence-corrected chi connectivity index (χ2v) is 8.12. The highest BCUT2D eigenvalue weighted by molar-refractivity contribution is 5.80. The van der Waals surface area contributed by atoms with E-state index >= 15 is 0 Å². The Morgan fingerprint density at radius 3 is 2.50 bits per heavy atom. The molecule has 2 aliphatic rings. The molecule has 1 amide bonds. The zero-order valence-corrected chi connectivity index (χ0v) is 15.7. The number of ether oxygens (including phenoxy) is 2. The van der Waals surface area contributed by atoms with Crippen molar-refractivity contribution < 1.29 is 19.4 Å². The van der Waals surface area contributed by atoms with Gasteiger partial charge in [0, 0.05) is 39.3 Å². The van der Waals surface area contributed by atoms with E-state index in [0.717, 1.165) is 32.5 Å². The molecular weight excluding hydrogens is 308 g/mol. The summed E-state index contributed by atoms with van der Waals surface area (Å²) < 4.78 is 11.2. The first-order valence-electron chi connectivity index (χ1n) is 9.20. The van der Waals surface area contributed by atoms with Gasteiger partial charge in [0.2, 0.25) is 0 Å². The average molecular weight is 342 g/mol. The number of nitrogens with zero attached hydrogens (tertiary/aromatic N) is 2. The van der Waals surface area contributed by atoms with E-state index < -0.39 is 6.10 Å². The summed E-state index contributed by atoms with van der Waals surface area (Å²) in [5.41, 5.74) is -0.113. The lowest BCUT2D eigenvalue weighted by molar-refractivity contribution is -0.146. The van der Waals surface area contributed by atoms with Gasteiger partial charge in [-0.05, 0) is 25.2 Å². The summed E-state index contributed by atoms with van der Waals surface area (Å²) in [5.74, 6) is 0.0593. The number of aliphatic hydroxyl groups excluding tert-OH is 1. The quantitative estimate of drug-likeness (QED) is 0.784. The Bertz CT molecular complexity index is 396. The molecule has 2 heterocycles. The van der Waals surface area contributed by atoms with Gasteiger partial charge in [-0.15, -0.1) is 0 Å². The molecular formula is C18H34N2O4. The van der Waals surface area contributed by atoms with Gasteiger partial charge >= 0.3 is 0 Å². The van der Waals surface area contributed by atoms with Crippen LogP contribution in [-0.2, 0) is 14.3 Å². The van der Waals surface area contributed by atoms with Gasteiger partial charge in [0.05, 0.1) is 18.8 Å². The Morgan fingerprint density at radius 2 is 1.96 bits per heavy atom. The van der Waals surface area contributed by atoms with E-state index in [4.69, 9.17) is 9.47 Å². The van der Waals surface area contributed by atoms with E-state index in [1.165, 1.54) is 0 Å². The minimum atomic E-state index is -0.416. The van der Waals surface area contributed by atoms with Crippen molar-refractivity contribution >= 4 is 5.91 Å². The number of carbonyl (C=O) groups excluding carboxylic acids is 1. The van der Waals surface area contributed by atoms with E-state index in [-0.39, 0.29) is 23.5 Å². The Kier molecular flexibility index (Phi) is 7.04. The molecule has 0 aromatic rings. The van der Waals surface area contributed by atoms with E-state index in [1.54, 1.807) is 0 Å². The van der Waals surface area contributed by atoms with E-state index in [1.807, 2.05) is 32.6 Å². The normalized spacial score (nSPS) is 25.7. The number of carbonyl (C=O) groups is 1. The van der Waals surface area contributed by atoms with Crippen LogP contribution < -0.4 is 0 Å². The van der Waals surface area contributed by atoms with Gasteiger partial charge in [0.15, 0.2) is 0 Å². The van der Waals surface area contributed by atoms with Crippen molar-refractivity contribution in [3.8, 4) is 0 Å². The number of hydrogen-bond donors (Lipinski definition) is 1. The number of hydrogen-bond acceptors (Lipinski definition) is 5. The number of aliphatic hydroxyl groups is 1. The standard InChI is InChI=1S/C18H34N2O4/c1-14(24-13-15-6-5-11-23-15)17(22)20-9-7-19(8-10-20)12-16(21)18(2,3)4/h14-16,21H,5-13H2,1-4H3/t14-,15+,16-/m0/s1. The van der Waals surface area contributed by atoms with Gasteiger partial charge in [0.25, 0.3) is 5.91 Å². The SMILES string of the molecule is C[C@H](OC[C@H]1CCCO1)C(=O)N1CCN(C[C@H](O)C(C)(C)C)CC1. The zero-order valence-electron chi connectivity index (χ0n) is 15.7. The maximum absolute atomic E-state index is 12.5. The molecule has 0 unspecified atom stereocenters. The summed E-state index contributed by atoms with van der Waals surface area (Å²) in [6.45, 7) is 12.9. The molecule has 0 aliphatic carbocycles. The largest absolute Gasteiger partial charge is 0.391 e. The molecule has 24 heavy (non-hydrogen) atoms. The first-order chi connectivity index (χ1) is 11.3. The third-order valence-corrected chi connectivity index (χ3v) is 5.02. The van der Waals surface area contributed by atoms with Crippen molar-refractivity contribution in [3.05, 3.63) is 0 Å². The van der Waals surface area contributed by atoms with Crippen molar-refractivity contribution in [2.45, 2.75) is 58.8 Å². The molecule has 0 aromatic heterocycles. The van der Waals surface area contributed by atoms with Crippen LogP contribution in [0.4, 0.5) is 0 Å². The van der Waals surface area contributed by atoms with Gasteiger partial charge in [-0.3, -0.25) is 9.69 Å². The molecule has 2 saturated heterocycles. The first kappa shape index (κ1) is 19.6. The predicted octanol–water partition coefficient (Wildman–Crippen LogP) is 1.12. The van der Waals surface area contributed by atoms with E-state index in [2.05, 4.69) is 4.90 Å². The maximum Gasteiger partial charge on any atom is 0.251 e. The van der Waals surface area contributed by atoms with Crippen LogP contribution in [0.5, 0.6) is 0 Å². The summed E-state index contributed by atoms with van der Waals surface area (Å²) in [6, 6.07) is 0. The van der Waals surface area contributed by atoms with E-state index in [9.17, 15) is 9.90 Å². The number of piperazine rings is 1. The highest BCUT2D eigenvalue weighted by atomic mass is 16.5. The molecule has 6 heteroatoms. The summed E-state index contributed by atoms with van der Waals surface area (Å²) in [6.07, 6.45) is 1.49.